The molecule has 6 nitrogen and oxygen atoms in total. The number of pyridine rings is 1. The average molecular weight is 480 g/mol. The predicted molar refractivity (Wildman–Crippen MR) is 138 cm³/mol. The minimum absolute atomic E-state index is 0.0231. The van der Waals surface area contributed by atoms with Gasteiger partial charge in [-0.05, 0) is 78.9 Å². The Hall–Kier alpha value is -4.45. The van der Waals surface area contributed by atoms with Gasteiger partial charge in [-0.15, -0.1) is 0 Å². The number of Topliss-reactive ketones (excluding diaryl/α,β-unsaturated/α-hetero) is 1. The largest absolute Gasteiger partial charge is 0.508 e. The Bertz CT molecular complexity index is 1520. The molecule has 0 atom stereocenters. The highest BCUT2D eigenvalue weighted by atomic mass is 16.5. The number of hydrogen-bond acceptors (Lipinski definition) is 6. The summed E-state index contributed by atoms with van der Waals surface area (Å²) >= 11 is 0. The van der Waals surface area contributed by atoms with Crippen molar-refractivity contribution >= 4 is 34.3 Å². The molecule has 0 bridgehead atoms. The molecule has 1 aliphatic rings. The van der Waals surface area contributed by atoms with Crippen LogP contribution in [0.25, 0.3) is 22.6 Å². The number of esters is 1. The van der Waals surface area contributed by atoms with Gasteiger partial charge in [0.1, 0.15) is 18.1 Å². The second-order valence-electron chi connectivity index (χ2n) is 8.75. The number of ketones is 1. The van der Waals surface area contributed by atoms with E-state index in [0.29, 0.717) is 28.9 Å². The first-order chi connectivity index (χ1) is 17.4. The van der Waals surface area contributed by atoms with Crippen molar-refractivity contribution in [3.63, 3.8) is 0 Å². The summed E-state index contributed by atoms with van der Waals surface area (Å²) in [6, 6.07) is 19.6. The molecule has 0 spiro atoms. The lowest BCUT2D eigenvalue weighted by atomic mass is 10.0. The molecule has 5 rings (SSSR count). The maximum absolute atomic E-state index is 13.5. The summed E-state index contributed by atoms with van der Waals surface area (Å²) in [5.74, 6) is 0.252. The Morgan fingerprint density at radius 1 is 1.03 bits per heavy atom. The van der Waals surface area contributed by atoms with Crippen LogP contribution < -0.4 is 4.74 Å². The SMILES string of the molecule is COc1ccc(C(C)=O)cc1COC(=O)c1c2c(nc3ccccc13)C(=Cc1ccc(O)cc1)CC2. The lowest BCUT2D eigenvalue weighted by Gasteiger charge is -2.14. The molecule has 36 heavy (non-hydrogen) atoms. The van der Waals surface area contributed by atoms with E-state index in [1.165, 1.54) is 6.92 Å². The summed E-state index contributed by atoms with van der Waals surface area (Å²) in [5.41, 5.74) is 6.04. The van der Waals surface area contributed by atoms with Crippen LogP contribution in [0.2, 0.25) is 0 Å². The van der Waals surface area contributed by atoms with Crippen molar-refractivity contribution in [2.75, 3.05) is 7.11 Å². The smallest absolute Gasteiger partial charge is 0.339 e. The first kappa shape index (κ1) is 23.3. The molecule has 0 radical (unpaired) electrons. The Morgan fingerprint density at radius 2 is 1.81 bits per heavy atom. The van der Waals surface area contributed by atoms with E-state index in [4.69, 9.17) is 14.5 Å². The van der Waals surface area contributed by atoms with Gasteiger partial charge in [-0.25, -0.2) is 9.78 Å². The summed E-state index contributed by atoms with van der Waals surface area (Å²) in [4.78, 5) is 30.2. The monoisotopic (exact) mass is 479 g/mol. The summed E-state index contributed by atoms with van der Waals surface area (Å²) in [6.07, 6.45) is 3.46. The number of benzene rings is 3. The molecular weight excluding hydrogens is 454 g/mol. The van der Waals surface area contributed by atoms with E-state index in [9.17, 15) is 14.7 Å². The quantitative estimate of drug-likeness (QED) is 0.270. The van der Waals surface area contributed by atoms with Crippen LogP contribution >= 0.6 is 0 Å². The van der Waals surface area contributed by atoms with E-state index in [-0.39, 0.29) is 18.1 Å². The predicted octanol–water partition coefficient (Wildman–Crippen LogP) is 6.00. The van der Waals surface area contributed by atoms with Crippen molar-refractivity contribution in [3.05, 3.63) is 100 Å². The van der Waals surface area contributed by atoms with Gasteiger partial charge in [0.25, 0.3) is 0 Å². The van der Waals surface area contributed by atoms with Gasteiger partial charge in [0.2, 0.25) is 0 Å². The summed E-state index contributed by atoms with van der Waals surface area (Å²) in [6.45, 7) is 1.47. The van der Waals surface area contributed by atoms with Crippen LogP contribution in [0.4, 0.5) is 0 Å². The number of hydrogen-bond donors (Lipinski definition) is 1. The van der Waals surface area contributed by atoms with Crippen molar-refractivity contribution in [1.29, 1.82) is 0 Å². The van der Waals surface area contributed by atoms with Crippen LogP contribution in [-0.4, -0.2) is 29.0 Å². The average Bonchev–Trinajstić information content (AvgIpc) is 3.28. The van der Waals surface area contributed by atoms with Crippen molar-refractivity contribution in [3.8, 4) is 11.5 Å². The summed E-state index contributed by atoms with van der Waals surface area (Å²) < 4.78 is 11.2. The van der Waals surface area contributed by atoms with Crippen LogP contribution in [0.15, 0.2) is 66.7 Å². The highest BCUT2D eigenvalue weighted by Gasteiger charge is 2.28. The molecule has 0 saturated carbocycles. The third-order valence-electron chi connectivity index (χ3n) is 6.43. The molecule has 0 amide bonds. The molecule has 6 heteroatoms. The molecule has 4 aromatic rings. The highest BCUT2D eigenvalue weighted by molar-refractivity contribution is 6.07. The maximum atomic E-state index is 13.5. The summed E-state index contributed by atoms with van der Waals surface area (Å²) in [5, 5.41) is 10.3. The van der Waals surface area contributed by atoms with Crippen molar-refractivity contribution in [2.24, 2.45) is 0 Å². The number of carbonyl (C=O) groups excluding carboxylic acids is 2. The number of nitrogens with zero attached hydrogens (tertiary/aromatic N) is 1. The zero-order chi connectivity index (χ0) is 25.2. The lowest BCUT2D eigenvalue weighted by molar-refractivity contribution is 0.0471. The van der Waals surface area contributed by atoms with Crippen molar-refractivity contribution in [2.45, 2.75) is 26.4 Å². The number of ether oxygens (including phenoxy) is 2. The second-order valence-corrected chi connectivity index (χ2v) is 8.75. The van der Waals surface area contributed by atoms with E-state index < -0.39 is 5.97 Å². The molecule has 1 N–H and O–H groups in total. The molecule has 1 aliphatic carbocycles. The van der Waals surface area contributed by atoms with Crippen LogP contribution in [0, 0.1) is 0 Å². The Morgan fingerprint density at radius 3 is 2.56 bits per heavy atom. The van der Waals surface area contributed by atoms with Crippen LogP contribution in [0.5, 0.6) is 11.5 Å². The number of rotatable bonds is 6. The molecule has 1 aromatic heterocycles. The fourth-order valence-corrected chi connectivity index (χ4v) is 4.61. The Kier molecular flexibility index (Phi) is 6.25. The number of para-hydroxylation sites is 1. The number of fused-ring (bicyclic) bond motifs is 2. The second kappa shape index (κ2) is 9.66. The first-order valence-electron chi connectivity index (χ1n) is 11.7. The van der Waals surface area contributed by atoms with Crippen molar-refractivity contribution in [1.82, 2.24) is 4.98 Å². The van der Waals surface area contributed by atoms with Crippen LogP contribution in [0.1, 0.15) is 56.4 Å². The number of phenols is 1. The summed E-state index contributed by atoms with van der Waals surface area (Å²) in [7, 11) is 1.54. The molecule has 3 aromatic carbocycles. The molecular formula is C30H25NO5. The van der Waals surface area contributed by atoms with Gasteiger partial charge in [-0.2, -0.15) is 0 Å². The van der Waals surface area contributed by atoms with E-state index >= 15 is 0 Å². The van der Waals surface area contributed by atoms with Crippen LogP contribution in [0.3, 0.4) is 0 Å². The standard InChI is InChI=1S/C30H25NO5/c1-18(32)20-10-14-27(35-2)22(16-20)17-36-30(34)28-24-5-3-4-6-26(24)31-29-21(9-13-25(28)29)15-19-7-11-23(33)12-8-19/h3-8,10-12,14-16,33H,9,13,17H2,1-2H3. The molecule has 1 heterocycles. The Labute approximate surface area is 208 Å². The minimum atomic E-state index is -0.439. The third-order valence-corrected chi connectivity index (χ3v) is 6.43. The van der Waals surface area contributed by atoms with Gasteiger partial charge in [0.15, 0.2) is 5.78 Å². The topological polar surface area (TPSA) is 85.7 Å². The molecule has 180 valence electrons. The molecule has 0 saturated heterocycles. The van der Waals surface area contributed by atoms with E-state index in [2.05, 4.69) is 0 Å². The van der Waals surface area contributed by atoms with Gasteiger partial charge in [-0.1, -0.05) is 30.3 Å². The fraction of sp³-hybridized carbons (Fsp3) is 0.167. The molecule has 0 unspecified atom stereocenters. The lowest BCUT2D eigenvalue weighted by Crippen LogP contribution is -2.11. The van der Waals surface area contributed by atoms with Crippen molar-refractivity contribution < 1.29 is 24.2 Å². The first-order valence-corrected chi connectivity index (χ1v) is 11.7. The fourth-order valence-electron chi connectivity index (χ4n) is 4.61. The molecule has 0 aliphatic heterocycles. The number of aromatic nitrogens is 1. The van der Waals surface area contributed by atoms with E-state index in [1.807, 2.05) is 42.5 Å². The van der Waals surface area contributed by atoms with Gasteiger partial charge in [0.05, 0.1) is 23.9 Å². The zero-order valence-electron chi connectivity index (χ0n) is 20.1. The maximum Gasteiger partial charge on any atom is 0.339 e. The van der Waals surface area contributed by atoms with E-state index in [0.717, 1.165) is 39.7 Å². The third kappa shape index (κ3) is 4.45. The van der Waals surface area contributed by atoms with Gasteiger partial charge >= 0.3 is 5.97 Å². The van der Waals surface area contributed by atoms with Crippen LogP contribution in [-0.2, 0) is 17.8 Å². The molecule has 0 fully saturated rings. The van der Waals surface area contributed by atoms with Gasteiger partial charge in [-0.3, -0.25) is 4.79 Å². The Balaban J connectivity index is 1.52. The van der Waals surface area contributed by atoms with E-state index in [1.54, 1.807) is 37.4 Å². The normalized spacial score (nSPS) is 13.6. The number of phenolic OH excluding ortho intramolecular Hbond substituents is 1. The number of methoxy groups -OCH3 is 1. The van der Waals surface area contributed by atoms with Gasteiger partial charge < -0.3 is 14.6 Å². The van der Waals surface area contributed by atoms with Gasteiger partial charge in [0, 0.05) is 16.5 Å². The number of carbonyl (C=O) groups is 2. The zero-order valence-corrected chi connectivity index (χ0v) is 20.1. The number of allylic oxidation sites excluding steroid dienone is 1. The highest BCUT2D eigenvalue weighted by Crippen LogP contribution is 2.38. The number of aromatic hydroxyl groups is 1. The minimum Gasteiger partial charge on any atom is -0.508 e.